The van der Waals surface area contributed by atoms with Gasteiger partial charge in [-0.2, -0.15) is 0 Å². The van der Waals surface area contributed by atoms with Gasteiger partial charge in [0.25, 0.3) is 0 Å². The molecule has 3 aromatic rings. The van der Waals surface area contributed by atoms with E-state index in [1.807, 2.05) is 18.2 Å². The summed E-state index contributed by atoms with van der Waals surface area (Å²) in [4.78, 5) is 24.3. The Balaban J connectivity index is 1.36. The van der Waals surface area contributed by atoms with Crippen molar-refractivity contribution in [3.05, 3.63) is 65.6 Å². The van der Waals surface area contributed by atoms with Crippen LogP contribution in [0.2, 0.25) is 0 Å². The first-order valence-electron chi connectivity index (χ1n) is 11.4. The molecule has 1 atom stereocenters. The summed E-state index contributed by atoms with van der Waals surface area (Å²) < 4.78 is 21.8. The van der Waals surface area contributed by atoms with Crippen LogP contribution >= 0.6 is 0 Å². The molecule has 0 aliphatic carbocycles. The lowest BCUT2D eigenvalue weighted by Gasteiger charge is -2.24. The highest BCUT2D eigenvalue weighted by atomic mass is 19.1. The Bertz CT molecular complexity index is 1240. The van der Waals surface area contributed by atoms with Gasteiger partial charge in [-0.3, -0.25) is 9.59 Å². The summed E-state index contributed by atoms with van der Waals surface area (Å²) in [5.74, 6) is -0.590. The third kappa shape index (κ3) is 4.83. The number of nitrogens with one attached hydrogen (secondary N) is 2. The molecule has 2 aliphatic rings. The second kappa shape index (κ2) is 9.19. The molecule has 2 amide bonds. The number of nitrogens with zero attached hydrogens (tertiary/aromatic N) is 1. The number of carbonyl (C=O) groups excluding carboxylic acids is 2. The van der Waals surface area contributed by atoms with Crippen molar-refractivity contribution in [2.24, 2.45) is 0 Å². The van der Waals surface area contributed by atoms with Gasteiger partial charge in [-0.05, 0) is 73.7 Å². The zero-order chi connectivity index (χ0) is 22.8. The van der Waals surface area contributed by atoms with Crippen molar-refractivity contribution in [1.29, 1.82) is 0 Å². The van der Waals surface area contributed by atoms with Crippen LogP contribution in [0.15, 0.2) is 48.5 Å². The maximum absolute atomic E-state index is 13.8. The average molecular weight is 448 g/mol. The Kier molecular flexibility index (Phi) is 5.96. The Labute approximate surface area is 191 Å². The third-order valence-corrected chi connectivity index (χ3v) is 6.23. The van der Waals surface area contributed by atoms with Crippen LogP contribution in [-0.2, 0) is 27.3 Å². The van der Waals surface area contributed by atoms with E-state index in [9.17, 15) is 14.0 Å². The molecule has 1 fully saturated rings. The molecule has 5 rings (SSSR count). The largest absolute Gasteiger partial charge is 0.376 e. The minimum Gasteiger partial charge on any atom is -0.376 e. The first kappa shape index (κ1) is 21.4. The Hall–Kier alpha value is -3.45. The molecule has 33 heavy (non-hydrogen) atoms. The number of halogens is 1. The maximum atomic E-state index is 13.8. The number of hydrogen-bond donors (Lipinski definition) is 2. The van der Waals surface area contributed by atoms with E-state index < -0.39 is 0 Å². The molecule has 2 aromatic carbocycles. The highest BCUT2D eigenvalue weighted by Crippen LogP contribution is 2.27. The summed E-state index contributed by atoms with van der Waals surface area (Å²) in [5.41, 5.74) is 4.14. The van der Waals surface area contributed by atoms with E-state index in [0.717, 1.165) is 53.7 Å². The molecule has 0 saturated carbocycles. The fourth-order valence-electron chi connectivity index (χ4n) is 4.55. The number of rotatable bonds is 5. The third-order valence-electron chi connectivity index (χ3n) is 6.23. The van der Waals surface area contributed by atoms with Crippen LogP contribution in [-0.4, -0.2) is 29.1 Å². The molecule has 7 heteroatoms. The van der Waals surface area contributed by atoms with Gasteiger partial charge in [-0.15, -0.1) is 0 Å². The molecule has 1 unspecified atom stereocenters. The second-order valence-corrected chi connectivity index (χ2v) is 8.61. The smallest absolute Gasteiger partial charge is 0.248 e. The van der Waals surface area contributed by atoms with Gasteiger partial charge in [0.1, 0.15) is 5.82 Å². The molecule has 0 radical (unpaired) electrons. The fourth-order valence-corrected chi connectivity index (χ4v) is 4.55. The van der Waals surface area contributed by atoms with E-state index in [-0.39, 0.29) is 23.7 Å². The first-order chi connectivity index (χ1) is 16.0. The molecule has 2 N–H and O–H groups in total. The average Bonchev–Trinajstić information content (AvgIpc) is 3.14. The van der Waals surface area contributed by atoms with Gasteiger partial charge in [-0.1, -0.05) is 6.07 Å². The van der Waals surface area contributed by atoms with Crippen molar-refractivity contribution in [2.75, 3.05) is 17.2 Å². The topological polar surface area (TPSA) is 72.4 Å². The van der Waals surface area contributed by atoms with Crippen molar-refractivity contribution in [1.82, 2.24) is 4.57 Å². The lowest BCUT2D eigenvalue weighted by Crippen LogP contribution is -2.24. The van der Waals surface area contributed by atoms with Crippen molar-refractivity contribution in [3.8, 4) is 0 Å². The summed E-state index contributed by atoms with van der Waals surface area (Å²) in [6.07, 6.45) is 7.69. The Morgan fingerprint density at radius 1 is 1.18 bits per heavy atom. The van der Waals surface area contributed by atoms with Gasteiger partial charge in [0.2, 0.25) is 11.8 Å². The molecule has 6 nitrogen and oxygen atoms in total. The number of amides is 2. The number of benzene rings is 2. The second-order valence-electron chi connectivity index (χ2n) is 8.61. The van der Waals surface area contributed by atoms with E-state index in [4.69, 9.17) is 4.74 Å². The van der Waals surface area contributed by atoms with Crippen LogP contribution in [0.1, 0.15) is 36.9 Å². The summed E-state index contributed by atoms with van der Waals surface area (Å²) in [6, 6.07) is 12.2. The minimum atomic E-state index is -0.290. The van der Waals surface area contributed by atoms with Gasteiger partial charge in [0, 0.05) is 53.6 Å². The highest BCUT2D eigenvalue weighted by molar-refractivity contribution is 6.03. The summed E-state index contributed by atoms with van der Waals surface area (Å²) in [5, 5.41) is 6.48. The van der Waals surface area contributed by atoms with Crippen molar-refractivity contribution in [3.63, 3.8) is 0 Å². The number of ether oxygens (including phenoxy) is 1. The normalized spacial score (nSPS) is 18.3. The molecular weight excluding hydrogens is 421 g/mol. The van der Waals surface area contributed by atoms with Crippen LogP contribution in [0.25, 0.3) is 17.0 Å². The van der Waals surface area contributed by atoms with E-state index in [1.165, 1.54) is 18.2 Å². The Morgan fingerprint density at radius 2 is 2.09 bits per heavy atom. The Morgan fingerprint density at radius 3 is 2.94 bits per heavy atom. The minimum absolute atomic E-state index is 0.0166. The molecule has 1 aromatic heterocycles. The van der Waals surface area contributed by atoms with E-state index in [2.05, 4.69) is 15.2 Å². The number of fused-ring (bicyclic) bond motifs is 2. The summed E-state index contributed by atoms with van der Waals surface area (Å²) in [7, 11) is 0. The summed E-state index contributed by atoms with van der Waals surface area (Å²) in [6.45, 7) is 1.41. The zero-order valence-corrected chi connectivity index (χ0v) is 18.3. The lowest BCUT2D eigenvalue weighted by atomic mass is 10.0. The molecule has 0 bridgehead atoms. The van der Waals surface area contributed by atoms with Crippen LogP contribution in [0.4, 0.5) is 15.8 Å². The molecule has 170 valence electrons. The van der Waals surface area contributed by atoms with Gasteiger partial charge in [-0.25, -0.2) is 4.39 Å². The molecule has 1 saturated heterocycles. The van der Waals surface area contributed by atoms with Crippen LogP contribution in [0, 0.1) is 5.82 Å². The van der Waals surface area contributed by atoms with Crippen LogP contribution in [0.5, 0.6) is 0 Å². The molecule has 3 heterocycles. The maximum Gasteiger partial charge on any atom is 0.248 e. The van der Waals surface area contributed by atoms with Crippen molar-refractivity contribution < 1.29 is 18.7 Å². The number of anilines is 2. The predicted octanol–water partition coefficient (Wildman–Crippen LogP) is 4.89. The number of hydrogen-bond acceptors (Lipinski definition) is 3. The number of carbonyl (C=O) groups is 2. The highest BCUT2D eigenvalue weighted by Gasteiger charge is 2.18. The van der Waals surface area contributed by atoms with Gasteiger partial charge < -0.3 is 19.9 Å². The van der Waals surface area contributed by atoms with Crippen molar-refractivity contribution >= 4 is 40.2 Å². The zero-order valence-electron chi connectivity index (χ0n) is 18.3. The molecular formula is C26H26FN3O3. The standard InChI is InChI=1S/C26H26FN3O3/c27-19-6-9-24-18(13-19)14-21(30(24)16-22-3-1-2-12-33-22)8-11-25(31)28-20-7-4-17-5-10-26(32)29-23(17)15-20/h4,6-9,11,13-15,22H,1-3,5,10,12,16H2,(H,28,31)(H,29,32)/b11-8+. The quantitative estimate of drug-likeness (QED) is 0.547. The van der Waals surface area contributed by atoms with Gasteiger partial charge in [0.05, 0.1) is 6.10 Å². The number of aromatic nitrogens is 1. The van der Waals surface area contributed by atoms with E-state index >= 15 is 0 Å². The summed E-state index contributed by atoms with van der Waals surface area (Å²) >= 11 is 0. The lowest BCUT2D eigenvalue weighted by molar-refractivity contribution is -0.116. The van der Waals surface area contributed by atoms with Gasteiger partial charge in [0.15, 0.2) is 0 Å². The molecule has 0 spiro atoms. The predicted molar refractivity (Wildman–Crippen MR) is 127 cm³/mol. The fraction of sp³-hybridized carbons (Fsp3) is 0.308. The van der Waals surface area contributed by atoms with E-state index in [0.29, 0.717) is 25.1 Å². The number of aryl methyl sites for hydroxylation is 1. The first-order valence-corrected chi connectivity index (χ1v) is 11.4. The van der Waals surface area contributed by atoms with Crippen LogP contribution in [0.3, 0.4) is 0 Å². The van der Waals surface area contributed by atoms with Crippen LogP contribution < -0.4 is 10.6 Å². The molecule has 2 aliphatic heterocycles. The van der Waals surface area contributed by atoms with Crippen molar-refractivity contribution in [2.45, 2.75) is 44.8 Å². The van der Waals surface area contributed by atoms with Gasteiger partial charge >= 0.3 is 0 Å². The monoisotopic (exact) mass is 447 g/mol. The SMILES string of the molecule is O=C(/C=C/c1cc2cc(F)ccc2n1CC1CCCCO1)Nc1ccc2c(c1)NC(=O)CC2. The van der Waals surface area contributed by atoms with E-state index in [1.54, 1.807) is 18.2 Å².